The van der Waals surface area contributed by atoms with E-state index in [-0.39, 0.29) is 23.4 Å². The first-order valence-electron chi connectivity index (χ1n) is 10.1. The number of amides is 2. The van der Waals surface area contributed by atoms with E-state index in [0.717, 1.165) is 31.7 Å². The molecule has 0 radical (unpaired) electrons. The van der Waals surface area contributed by atoms with Gasteiger partial charge in [0.05, 0.1) is 17.9 Å². The first-order valence-corrected chi connectivity index (χ1v) is 10.1. The number of likely N-dealkylation sites (tertiary alicyclic amines) is 1. The third kappa shape index (κ3) is 5.23. The van der Waals surface area contributed by atoms with Crippen molar-refractivity contribution in [3.63, 3.8) is 0 Å². The Hall–Kier alpha value is -2.67. The zero-order chi connectivity index (χ0) is 20.8. The third-order valence-electron chi connectivity index (χ3n) is 5.28. The molecule has 1 aromatic carbocycles. The molecule has 2 heterocycles. The van der Waals surface area contributed by atoms with Crippen molar-refractivity contribution in [2.24, 2.45) is 5.92 Å². The summed E-state index contributed by atoms with van der Waals surface area (Å²) in [5.74, 6) is -0.845. The fourth-order valence-corrected chi connectivity index (χ4v) is 3.65. The van der Waals surface area contributed by atoms with E-state index in [2.05, 4.69) is 15.5 Å². The molecule has 3 rings (SSSR count). The Bertz CT molecular complexity index is 816. The summed E-state index contributed by atoms with van der Waals surface area (Å²) in [5.41, 5.74) is -0.0727. The minimum Gasteiger partial charge on any atom is -0.468 e. The molecule has 1 aliphatic heterocycles. The topological polar surface area (TPSA) is 74.6 Å². The first kappa shape index (κ1) is 21.0. The zero-order valence-corrected chi connectivity index (χ0v) is 16.9. The molecule has 0 bridgehead atoms. The lowest BCUT2D eigenvalue weighted by Crippen LogP contribution is -2.51. The third-order valence-corrected chi connectivity index (χ3v) is 5.28. The molecule has 0 aliphatic carbocycles. The maximum Gasteiger partial charge on any atom is 0.254 e. The molecule has 2 N–H and O–H groups in total. The molecule has 2 aromatic rings. The lowest BCUT2D eigenvalue weighted by atomic mass is 10.0. The van der Waals surface area contributed by atoms with E-state index >= 15 is 0 Å². The summed E-state index contributed by atoms with van der Waals surface area (Å²) in [4.78, 5) is 27.6. The number of carbonyl (C=O) groups excluding carboxylic acids is 2. The van der Waals surface area contributed by atoms with E-state index in [9.17, 15) is 14.0 Å². The molecule has 7 heteroatoms. The van der Waals surface area contributed by atoms with Crippen LogP contribution in [0.15, 0.2) is 47.1 Å². The van der Waals surface area contributed by atoms with Crippen LogP contribution < -0.4 is 10.6 Å². The quantitative estimate of drug-likeness (QED) is 0.713. The van der Waals surface area contributed by atoms with Gasteiger partial charge >= 0.3 is 0 Å². The van der Waals surface area contributed by atoms with Crippen molar-refractivity contribution in [2.75, 3.05) is 19.6 Å². The van der Waals surface area contributed by atoms with Crippen LogP contribution in [0.2, 0.25) is 0 Å². The number of furan rings is 1. The number of nitrogens with one attached hydrogen (secondary N) is 2. The lowest BCUT2D eigenvalue weighted by Gasteiger charge is -2.28. The number of hydrogen-bond donors (Lipinski definition) is 2. The van der Waals surface area contributed by atoms with E-state index in [0.29, 0.717) is 6.54 Å². The van der Waals surface area contributed by atoms with E-state index < -0.39 is 17.8 Å². The summed E-state index contributed by atoms with van der Waals surface area (Å²) in [6.45, 7) is 5.98. The average molecular weight is 401 g/mol. The number of nitrogens with zero attached hydrogens (tertiary/aromatic N) is 1. The number of halogens is 1. The van der Waals surface area contributed by atoms with Crippen LogP contribution in [0.5, 0.6) is 0 Å². The van der Waals surface area contributed by atoms with Gasteiger partial charge in [0.1, 0.15) is 17.6 Å². The smallest absolute Gasteiger partial charge is 0.254 e. The molecular weight excluding hydrogens is 373 g/mol. The number of hydrogen-bond acceptors (Lipinski definition) is 4. The minimum absolute atomic E-state index is 0.0495. The Labute approximate surface area is 170 Å². The number of carbonyl (C=O) groups is 2. The highest BCUT2D eigenvalue weighted by atomic mass is 19.1. The van der Waals surface area contributed by atoms with E-state index in [1.54, 1.807) is 12.3 Å². The lowest BCUT2D eigenvalue weighted by molar-refractivity contribution is -0.124. The van der Waals surface area contributed by atoms with Gasteiger partial charge in [0.25, 0.3) is 5.91 Å². The summed E-state index contributed by atoms with van der Waals surface area (Å²) in [6, 6.07) is 8.67. The second kappa shape index (κ2) is 9.69. The number of benzene rings is 1. The van der Waals surface area contributed by atoms with Crippen LogP contribution in [0, 0.1) is 11.7 Å². The summed E-state index contributed by atoms with van der Waals surface area (Å²) < 4.78 is 19.5. The van der Waals surface area contributed by atoms with E-state index in [1.165, 1.54) is 18.2 Å². The van der Waals surface area contributed by atoms with Gasteiger partial charge in [-0.25, -0.2) is 4.39 Å². The predicted molar refractivity (Wildman–Crippen MR) is 108 cm³/mol. The van der Waals surface area contributed by atoms with Crippen molar-refractivity contribution in [1.29, 1.82) is 0 Å². The predicted octanol–water partition coefficient (Wildman–Crippen LogP) is 3.13. The average Bonchev–Trinajstić information content (AvgIpc) is 3.40. The van der Waals surface area contributed by atoms with Gasteiger partial charge in [0.15, 0.2) is 0 Å². The highest BCUT2D eigenvalue weighted by Gasteiger charge is 2.29. The number of rotatable bonds is 8. The molecular formula is C22H28FN3O3. The molecule has 156 valence electrons. The molecule has 6 nitrogen and oxygen atoms in total. The second-order valence-corrected chi connectivity index (χ2v) is 7.69. The fourth-order valence-electron chi connectivity index (χ4n) is 3.65. The monoisotopic (exact) mass is 401 g/mol. The van der Waals surface area contributed by atoms with Crippen molar-refractivity contribution >= 4 is 11.8 Å². The van der Waals surface area contributed by atoms with Crippen molar-refractivity contribution in [3.8, 4) is 0 Å². The molecule has 2 amide bonds. The summed E-state index contributed by atoms with van der Waals surface area (Å²) in [6.07, 6.45) is 3.88. The van der Waals surface area contributed by atoms with Crippen molar-refractivity contribution < 1.29 is 18.4 Å². The molecule has 1 fully saturated rings. The van der Waals surface area contributed by atoms with Gasteiger partial charge in [-0.2, -0.15) is 0 Å². The summed E-state index contributed by atoms with van der Waals surface area (Å²) in [7, 11) is 0. The van der Waals surface area contributed by atoms with Gasteiger partial charge in [-0.1, -0.05) is 26.0 Å². The van der Waals surface area contributed by atoms with Crippen molar-refractivity contribution in [3.05, 3.63) is 59.8 Å². The van der Waals surface area contributed by atoms with Crippen molar-refractivity contribution in [1.82, 2.24) is 15.5 Å². The minimum atomic E-state index is -0.766. The first-order chi connectivity index (χ1) is 14.0. The van der Waals surface area contributed by atoms with Crippen LogP contribution >= 0.6 is 0 Å². The normalized spacial score (nSPS) is 16.6. The maximum atomic E-state index is 13.9. The van der Waals surface area contributed by atoms with Gasteiger partial charge in [-0.05, 0) is 56.1 Å². The molecule has 1 saturated heterocycles. The molecule has 2 atom stereocenters. The summed E-state index contributed by atoms with van der Waals surface area (Å²) >= 11 is 0. The van der Waals surface area contributed by atoms with Crippen LogP contribution in [0.3, 0.4) is 0 Å². The Morgan fingerprint density at radius 3 is 2.48 bits per heavy atom. The fraction of sp³-hybridized carbons (Fsp3) is 0.455. The zero-order valence-electron chi connectivity index (χ0n) is 16.9. The Morgan fingerprint density at radius 2 is 1.86 bits per heavy atom. The molecule has 29 heavy (non-hydrogen) atoms. The van der Waals surface area contributed by atoms with Crippen molar-refractivity contribution in [2.45, 2.75) is 38.8 Å². The van der Waals surface area contributed by atoms with Gasteiger partial charge in [-0.3, -0.25) is 14.5 Å². The Morgan fingerprint density at radius 1 is 1.14 bits per heavy atom. The van der Waals surface area contributed by atoms with Crippen LogP contribution in [0.25, 0.3) is 0 Å². The van der Waals surface area contributed by atoms with Crippen LogP contribution in [-0.4, -0.2) is 42.4 Å². The van der Waals surface area contributed by atoms with Gasteiger partial charge < -0.3 is 15.1 Å². The highest BCUT2D eigenvalue weighted by molar-refractivity contribution is 5.97. The van der Waals surface area contributed by atoms with Gasteiger partial charge in [-0.15, -0.1) is 0 Å². The Kier molecular flexibility index (Phi) is 7.04. The SMILES string of the molecule is CC(C)C(NC(=O)c1ccccc1F)C(=O)NCC(c1ccco1)N1CCCC1. The van der Waals surface area contributed by atoms with Gasteiger partial charge in [0, 0.05) is 6.54 Å². The van der Waals surface area contributed by atoms with Gasteiger partial charge in [0.2, 0.25) is 5.91 Å². The van der Waals surface area contributed by atoms with Crippen LogP contribution in [0.1, 0.15) is 48.8 Å². The van der Waals surface area contributed by atoms with Crippen LogP contribution in [0.4, 0.5) is 4.39 Å². The molecule has 0 spiro atoms. The molecule has 2 unspecified atom stereocenters. The maximum absolute atomic E-state index is 13.9. The highest BCUT2D eigenvalue weighted by Crippen LogP contribution is 2.25. The standard InChI is InChI=1S/C22H28FN3O3/c1-15(2)20(25-21(27)16-8-3-4-9-17(16)23)22(28)24-14-18(19-10-7-13-29-19)26-11-5-6-12-26/h3-4,7-10,13,15,18,20H,5-6,11-12,14H2,1-2H3,(H,24,28)(H,25,27). The summed E-state index contributed by atoms with van der Waals surface area (Å²) in [5, 5.41) is 5.63. The Balaban J connectivity index is 1.65. The van der Waals surface area contributed by atoms with E-state index in [1.807, 2.05) is 26.0 Å². The van der Waals surface area contributed by atoms with Crippen LogP contribution in [-0.2, 0) is 4.79 Å². The molecule has 0 saturated carbocycles. The molecule has 1 aromatic heterocycles. The largest absolute Gasteiger partial charge is 0.468 e. The second-order valence-electron chi connectivity index (χ2n) is 7.69. The molecule has 1 aliphatic rings. The van der Waals surface area contributed by atoms with E-state index in [4.69, 9.17) is 4.42 Å².